The summed E-state index contributed by atoms with van der Waals surface area (Å²) in [6.45, 7) is 14.0. The van der Waals surface area contributed by atoms with Gasteiger partial charge in [0.05, 0.1) is 17.8 Å². The van der Waals surface area contributed by atoms with Crippen molar-refractivity contribution in [3.8, 4) is 0 Å². The second-order valence-corrected chi connectivity index (χ2v) is 10.4. The molecule has 1 saturated heterocycles. The normalized spacial score (nSPS) is 23.2. The summed E-state index contributed by atoms with van der Waals surface area (Å²) in [6.07, 6.45) is -0.897. The van der Waals surface area contributed by atoms with Gasteiger partial charge < -0.3 is 14.7 Å². The Morgan fingerprint density at radius 2 is 1.81 bits per heavy atom. The van der Waals surface area contributed by atoms with Gasteiger partial charge in [0.25, 0.3) is 0 Å². The summed E-state index contributed by atoms with van der Waals surface area (Å²) < 4.78 is 6.87. The van der Waals surface area contributed by atoms with Crippen molar-refractivity contribution in [2.75, 3.05) is 7.05 Å². The zero-order chi connectivity index (χ0) is 20.7. The molecule has 6 heteroatoms. The highest BCUT2D eigenvalue weighted by Crippen LogP contribution is 2.37. The van der Waals surface area contributed by atoms with Crippen molar-refractivity contribution < 1.29 is 14.6 Å². The fourth-order valence-corrected chi connectivity index (χ4v) is 4.30. The third-order valence-electron chi connectivity index (χ3n) is 4.85. The van der Waals surface area contributed by atoms with E-state index in [0.29, 0.717) is 6.42 Å². The summed E-state index contributed by atoms with van der Waals surface area (Å²) in [6, 6.07) is 5.59. The van der Waals surface area contributed by atoms with E-state index in [0.717, 1.165) is 15.6 Å². The van der Waals surface area contributed by atoms with Crippen LogP contribution in [0, 0.1) is 12.3 Å². The van der Waals surface area contributed by atoms with Crippen LogP contribution < -0.4 is 0 Å². The maximum atomic E-state index is 13.1. The number of aryl methyl sites for hydroxylation is 1. The van der Waals surface area contributed by atoms with Gasteiger partial charge in [0.1, 0.15) is 0 Å². The number of likely N-dealkylation sites (N-methyl/N-ethyl adjacent to an activating group) is 1. The number of rotatable bonds is 4. The van der Waals surface area contributed by atoms with E-state index in [1.54, 1.807) is 4.90 Å². The molecule has 1 aliphatic rings. The number of amides is 1. The highest BCUT2D eigenvalue weighted by Gasteiger charge is 2.52. The molecule has 1 fully saturated rings. The van der Waals surface area contributed by atoms with Crippen LogP contribution in [0.2, 0.25) is 0 Å². The number of hydrogen-bond acceptors (Lipinski definition) is 4. The Balaban J connectivity index is 2.43. The van der Waals surface area contributed by atoms with Crippen LogP contribution in [0.3, 0.4) is 0 Å². The molecule has 1 heterocycles. The predicted octanol–water partition coefficient (Wildman–Crippen LogP) is 3.91. The molecule has 1 amide bonds. The van der Waals surface area contributed by atoms with Crippen LogP contribution in [0.4, 0.5) is 0 Å². The zero-order valence-electron chi connectivity index (χ0n) is 17.7. The number of benzene rings is 1. The van der Waals surface area contributed by atoms with Crippen LogP contribution in [0.5, 0.6) is 0 Å². The van der Waals surface area contributed by atoms with E-state index in [9.17, 15) is 9.90 Å². The van der Waals surface area contributed by atoms with Crippen LogP contribution in [0.25, 0.3) is 0 Å². The monoisotopic (exact) mass is 440 g/mol. The maximum Gasteiger partial charge on any atom is 0.241 e. The first-order valence-electron chi connectivity index (χ1n) is 9.37. The van der Waals surface area contributed by atoms with Crippen LogP contribution in [0.1, 0.15) is 52.7 Å². The van der Waals surface area contributed by atoms with Gasteiger partial charge in [0, 0.05) is 11.5 Å². The van der Waals surface area contributed by atoms with E-state index < -0.39 is 18.1 Å². The van der Waals surface area contributed by atoms with Crippen LogP contribution in [-0.4, -0.2) is 52.1 Å². The number of aliphatic hydroxyl groups is 1. The summed E-state index contributed by atoms with van der Waals surface area (Å²) in [5.41, 5.74) is 1.44. The van der Waals surface area contributed by atoms with E-state index in [4.69, 9.17) is 4.74 Å². The molecule has 27 heavy (non-hydrogen) atoms. The van der Waals surface area contributed by atoms with Crippen LogP contribution >= 0.6 is 15.9 Å². The molecule has 0 spiro atoms. The third-order valence-corrected chi connectivity index (χ3v) is 5.34. The third kappa shape index (κ3) is 5.11. The molecule has 1 aliphatic heterocycles. The number of carbonyl (C=O) groups is 1. The number of hydrogen-bond donors (Lipinski definition) is 1. The van der Waals surface area contributed by atoms with E-state index in [2.05, 4.69) is 36.7 Å². The van der Waals surface area contributed by atoms with E-state index in [1.807, 2.05) is 57.8 Å². The minimum Gasteiger partial charge on any atom is -0.355 e. The van der Waals surface area contributed by atoms with Crippen molar-refractivity contribution in [1.82, 2.24) is 9.80 Å². The Hall–Kier alpha value is -0.950. The number of aliphatic hydroxyl groups excluding tert-OH is 1. The van der Waals surface area contributed by atoms with Crippen molar-refractivity contribution in [3.05, 3.63) is 33.8 Å². The van der Waals surface area contributed by atoms with Gasteiger partial charge in [-0.05, 0) is 62.8 Å². The van der Waals surface area contributed by atoms with E-state index in [1.165, 1.54) is 0 Å². The topological polar surface area (TPSA) is 53.0 Å². The van der Waals surface area contributed by atoms with Gasteiger partial charge in [-0.15, -0.1) is 0 Å². The van der Waals surface area contributed by atoms with Gasteiger partial charge in [-0.1, -0.05) is 42.8 Å². The lowest BCUT2D eigenvalue weighted by molar-refractivity contribution is -0.262. The Bertz CT molecular complexity index is 694. The molecular weight excluding hydrogens is 408 g/mol. The maximum absolute atomic E-state index is 13.1. The quantitative estimate of drug-likeness (QED) is 0.721. The number of carbonyl (C=O) groups excluding carboxylic acids is 1. The van der Waals surface area contributed by atoms with Gasteiger partial charge in [-0.3, -0.25) is 4.79 Å². The summed E-state index contributed by atoms with van der Waals surface area (Å²) in [7, 11) is 1.81. The van der Waals surface area contributed by atoms with Crippen molar-refractivity contribution in [2.24, 2.45) is 5.41 Å². The average molecular weight is 441 g/mol. The van der Waals surface area contributed by atoms with Gasteiger partial charge in [-0.25, -0.2) is 4.90 Å². The highest BCUT2D eigenvalue weighted by molar-refractivity contribution is 9.10. The zero-order valence-corrected chi connectivity index (χ0v) is 19.3. The minimum absolute atomic E-state index is 0.00815. The molecule has 0 radical (unpaired) electrons. The lowest BCUT2D eigenvalue weighted by atomic mass is 9.91. The SMILES string of the molecule is Cc1cc(Br)ccc1C[C@H]1C(=O)N(C)C(C(C)(C)C)N1C(O)OC(C)(C)C. The molecule has 5 nitrogen and oxygen atoms in total. The minimum atomic E-state index is -1.16. The van der Waals surface area contributed by atoms with Gasteiger partial charge in [0.15, 0.2) is 0 Å². The Labute approximate surface area is 171 Å². The van der Waals surface area contributed by atoms with Gasteiger partial charge in [0.2, 0.25) is 12.3 Å². The standard InChI is InChI=1S/C21H33BrN2O3/c1-13-11-15(22)10-9-14(13)12-16-17(25)23(8)18(20(2,3)4)24(16)19(26)27-21(5,6)7/h9-11,16,18-19,26H,12H2,1-8H3/t16-,18?,19?/m0/s1. The highest BCUT2D eigenvalue weighted by atomic mass is 79.9. The van der Waals surface area contributed by atoms with Crippen LogP contribution in [0.15, 0.2) is 22.7 Å². The molecule has 3 atom stereocenters. The van der Waals surface area contributed by atoms with E-state index >= 15 is 0 Å². The summed E-state index contributed by atoms with van der Waals surface area (Å²) in [4.78, 5) is 16.7. The van der Waals surface area contributed by atoms with Crippen molar-refractivity contribution in [1.29, 1.82) is 0 Å². The molecule has 0 aromatic heterocycles. The Morgan fingerprint density at radius 1 is 1.22 bits per heavy atom. The average Bonchev–Trinajstić information content (AvgIpc) is 2.73. The first-order chi connectivity index (χ1) is 12.2. The molecule has 0 aliphatic carbocycles. The van der Waals surface area contributed by atoms with E-state index in [-0.39, 0.29) is 17.5 Å². The van der Waals surface area contributed by atoms with Crippen molar-refractivity contribution >= 4 is 21.8 Å². The second-order valence-electron chi connectivity index (χ2n) is 9.48. The molecule has 2 unspecified atom stereocenters. The van der Waals surface area contributed by atoms with Gasteiger partial charge >= 0.3 is 0 Å². The molecule has 152 valence electrons. The summed E-state index contributed by atoms with van der Waals surface area (Å²) in [5.74, 6) is 0.00815. The smallest absolute Gasteiger partial charge is 0.241 e. The lowest BCUT2D eigenvalue weighted by Crippen LogP contribution is -2.55. The molecule has 0 bridgehead atoms. The molecule has 0 saturated carbocycles. The first-order valence-corrected chi connectivity index (χ1v) is 10.2. The summed E-state index contributed by atoms with van der Waals surface area (Å²) in [5, 5.41) is 10.9. The van der Waals surface area contributed by atoms with Crippen molar-refractivity contribution in [2.45, 2.75) is 79.1 Å². The second kappa shape index (κ2) is 7.82. The number of halogens is 1. The number of ether oxygens (including phenoxy) is 1. The molecule has 1 N–H and O–H groups in total. The fraction of sp³-hybridized carbons (Fsp3) is 0.667. The lowest BCUT2D eigenvalue weighted by Gasteiger charge is -2.42. The fourth-order valence-electron chi connectivity index (χ4n) is 3.82. The Morgan fingerprint density at radius 3 is 2.30 bits per heavy atom. The predicted molar refractivity (Wildman–Crippen MR) is 111 cm³/mol. The van der Waals surface area contributed by atoms with Crippen molar-refractivity contribution in [3.63, 3.8) is 0 Å². The molecule has 1 aromatic carbocycles. The summed E-state index contributed by atoms with van der Waals surface area (Å²) >= 11 is 3.49. The molecule has 2 rings (SSSR count). The molecule has 1 aromatic rings. The Kier molecular flexibility index (Phi) is 6.47. The largest absolute Gasteiger partial charge is 0.355 e. The van der Waals surface area contributed by atoms with Gasteiger partial charge in [-0.2, -0.15) is 0 Å². The van der Waals surface area contributed by atoms with Crippen LogP contribution in [-0.2, 0) is 16.0 Å². The first kappa shape index (κ1) is 22.3. The molecular formula is C21H33BrN2O3. The number of nitrogens with zero attached hydrogens (tertiary/aromatic N) is 2.